The summed E-state index contributed by atoms with van der Waals surface area (Å²) in [4.78, 5) is 34.7. The summed E-state index contributed by atoms with van der Waals surface area (Å²) in [6.07, 6.45) is 6.62. The standard InChI is InChI=1S/C31H34N8O3S2/c1-19-23(7-6-12-32-19)41-24-17-21(44-25-8-13-33-22-11-16-43-26(22)25)18-34-28(24)36-29-35-27(37-38(29)5)20-9-14-39(15-10-20)30(40)42-31(2,3)4/h6-8,11-13,16-18,20H,9-10,14-15H2,1-5H3,(H,34,35,36,37). The Kier molecular flexibility index (Phi) is 8.41. The SMILES string of the molecule is Cc1ncccc1Oc1cc(Sc2ccnc3ccsc23)cnc1Nc1nc(C2CCN(C(=O)OC(C)(C)C)CC2)nn1C. The number of aryl methyl sites for hydroxylation is 2. The zero-order chi connectivity index (χ0) is 30.8. The molecule has 11 nitrogen and oxygen atoms in total. The van der Waals surface area contributed by atoms with Crippen LogP contribution < -0.4 is 10.1 Å². The second-order valence-corrected chi connectivity index (χ2v) is 13.6. The number of likely N-dealkylation sites (tertiary alicyclic amines) is 1. The van der Waals surface area contributed by atoms with E-state index in [0.717, 1.165) is 44.4 Å². The van der Waals surface area contributed by atoms with Crippen LogP contribution in [-0.2, 0) is 11.8 Å². The van der Waals surface area contributed by atoms with Crippen LogP contribution in [0.2, 0.25) is 0 Å². The van der Waals surface area contributed by atoms with Gasteiger partial charge in [0.1, 0.15) is 11.4 Å². The second kappa shape index (κ2) is 12.4. The van der Waals surface area contributed by atoms with Crippen molar-refractivity contribution in [3.8, 4) is 11.5 Å². The van der Waals surface area contributed by atoms with Gasteiger partial charge in [0.15, 0.2) is 17.4 Å². The van der Waals surface area contributed by atoms with Crippen molar-refractivity contribution >= 4 is 51.2 Å². The van der Waals surface area contributed by atoms with Crippen molar-refractivity contribution in [2.45, 2.75) is 61.8 Å². The highest BCUT2D eigenvalue weighted by molar-refractivity contribution is 7.99. The molecule has 1 amide bonds. The van der Waals surface area contributed by atoms with Crippen molar-refractivity contribution in [3.05, 3.63) is 65.8 Å². The van der Waals surface area contributed by atoms with Gasteiger partial charge in [-0.2, -0.15) is 10.1 Å². The number of carbonyl (C=O) groups excluding carboxylic acids is 1. The van der Waals surface area contributed by atoms with Gasteiger partial charge in [-0.25, -0.2) is 14.5 Å². The summed E-state index contributed by atoms with van der Waals surface area (Å²) in [5.41, 5.74) is 1.22. The molecule has 0 spiro atoms. The number of thiophene rings is 1. The van der Waals surface area contributed by atoms with E-state index in [9.17, 15) is 4.79 Å². The summed E-state index contributed by atoms with van der Waals surface area (Å²) < 4.78 is 14.8. The molecule has 0 aromatic carbocycles. The van der Waals surface area contributed by atoms with Crippen LogP contribution in [0.1, 0.15) is 51.0 Å². The number of rotatable bonds is 7. The van der Waals surface area contributed by atoms with E-state index >= 15 is 0 Å². The Hall–Kier alpha value is -4.23. The lowest BCUT2D eigenvalue weighted by Crippen LogP contribution is -2.41. The molecule has 5 aromatic heterocycles. The second-order valence-electron chi connectivity index (χ2n) is 11.5. The van der Waals surface area contributed by atoms with Crippen LogP contribution >= 0.6 is 23.1 Å². The predicted molar refractivity (Wildman–Crippen MR) is 171 cm³/mol. The minimum Gasteiger partial charge on any atom is -0.452 e. The number of hydrogen-bond acceptors (Lipinski definition) is 11. The molecule has 0 aliphatic carbocycles. The van der Waals surface area contributed by atoms with Crippen molar-refractivity contribution in [1.82, 2.24) is 34.6 Å². The number of aromatic nitrogens is 6. The number of anilines is 2. The number of nitrogens with one attached hydrogen (secondary N) is 1. The molecule has 0 saturated carbocycles. The zero-order valence-corrected chi connectivity index (χ0v) is 26.9. The lowest BCUT2D eigenvalue weighted by molar-refractivity contribution is 0.0203. The molecule has 0 radical (unpaired) electrons. The van der Waals surface area contributed by atoms with E-state index < -0.39 is 5.60 Å². The van der Waals surface area contributed by atoms with Gasteiger partial charge in [0.05, 0.1) is 15.9 Å². The van der Waals surface area contributed by atoms with Gasteiger partial charge in [-0.05, 0) is 70.2 Å². The monoisotopic (exact) mass is 630 g/mol. The number of carbonyl (C=O) groups is 1. The van der Waals surface area contributed by atoms with Gasteiger partial charge in [0.2, 0.25) is 5.95 Å². The quantitative estimate of drug-likeness (QED) is 0.196. The van der Waals surface area contributed by atoms with Gasteiger partial charge in [-0.3, -0.25) is 9.97 Å². The van der Waals surface area contributed by atoms with E-state index in [2.05, 4.69) is 15.3 Å². The third kappa shape index (κ3) is 6.78. The van der Waals surface area contributed by atoms with Crippen LogP contribution in [0.15, 0.2) is 64.1 Å². The fraction of sp³-hybridized carbons (Fsp3) is 0.355. The summed E-state index contributed by atoms with van der Waals surface area (Å²) in [7, 11) is 1.85. The Morgan fingerprint density at radius 3 is 2.68 bits per heavy atom. The highest BCUT2D eigenvalue weighted by atomic mass is 32.2. The number of amides is 1. The van der Waals surface area contributed by atoms with Crippen molar-refractivity contribution in [2.75, 3.05) is 18.4 Å². The van der Waals surface area contributed by atoms with Gasteiger partial charge >= 0.3 is 6.09 Å². The van der Waals surface area contributed by atoms with Crippen molar-refractivity contribution < 1.29 is 14.3 Å². The first-order chi connectivity index (χ1) is 21.1. The lowest BCUT2D eigenvalue weighted by Gasteiger charge is -2.32. The maximum absolute atomic E-state index is 12.5. The Morgan fingerprint density at radius 1 is 1.09 bits per heavy atom. The third-order valence-electron chi connectivity index (χ3n) is 7.06. The summed E-state index contributed by atoms with van der Waals surface area (Å²) in [5, 5.41) is 10.1. The number of ether oxygens (including phenoxy) is 2. The predicted octanol–water partition coefficient (Wildman–Crippen LogP) is 7.32. The molecule has 5 aromatic rings. The van der Waals surface area contributed by atoms with Crippen LogP contribution in [0.4, 0.5) is 16.6 Å². The summed E-state index contributed by atoms with van der Waals surface area (Å²) in [6, 6.07) is 9.73. The highest BCUT2D eigenvalue weighted by Gasteiger charge is 2.30. The molecule has 0 bridgehead atoms. The molecule has 1 aliphatic rings. The molecule has 1 aliphatic heterocycles. The Labute approximate surface area is 264 Å². The summed E-state index contributed by atoms with van der Waals surface area (Å²) in [5.74, 6) is 3.09. The fourth-order valence-electron chi connectivity index (χ4n) is 4.85. The minimum absolute atomic E-state index is 0.130. The average molecular weight is 631 g/mol. The molecule has 6 heterocycles. The average Bonchev–Trinajstić information content (AvgIpc) is 3.62. The lowest BCUT2D eigenvalue weighted by atomic mass is 9.96. The highest BCUT2D eigenvalue weighted by Crippen LogP contribution is 2.39. The van der Waals surface area contributed by atoms with Crippen LogP contribution in [0.5, 0.6) is 11.5 Å². The molecule has 1 saturated heterocycles. The molecule has 0 unspecified atom stereocenters. The van der Waals surface area contributed by atoms with E-state index in [0.29, 0.717) is 36.4 Å². The van der Waals surface area contributed by atoms with Crippen LogP contribution in [-0.4, -0.2) is 59.4 Å². The summed E-state index contributed by atoms with van der Waals surface area (Å²) in [6.45, 7) is 8.73. The van der Waals surface area contributed by atoms with E-state index in [1.165, 1.54) is 0 Å². The first-order valence-electron chi connectivity index (χ1n) is 14.4. The van der Waals surface area contributed by atoms with E-state index in [1.807, 2.05) is 82.8 Å². The van der Waals surface area contributed by atoms with Gasteiger partial charge in [0.25, 0.3) is 0 Å². The number of piperidine rings is 1. The molecule has 0 atom stereocenters. The molecule has 13 heteroatoms. The maximum atomic E-state index is 12.5. The number of pyridine rings is 3. The topological polar surface area (TPSA) is 120 Å². The van der Waals surface area contributed by atoms with E-state index in [1.54, 1.807) is 38.9 Å². The van der Waals surface area contributed by atoms with Gasteiger partial charge in [0, 0.05) is 60.5 Å². The van der Waals surface area contributed by atoms with E-state index in [-0.39, 0.29) is 12.0 Å². The maximum Gasteiger partial charge on any atom is 0.410 e. The molecule has 44 heavy (non-hydrogen) atoms. The van der Waals surface area contributed by atoms with Crippen LogP contribution in [0, 0.1) is 6.92 Å². The largest absolute Gasteiger partial charge is 0.452 e. The Bertz CT molecular complexity index is 1790. The third-order valence-corrected chi connectivity index (χ3v) is 9.15. The Morgan fingerprint density at radius 2 is 1.91 bits per heavy atom. The van der Waals surface area contributed by atoms with Crippen LogP contribution in [0.25, 0.3) is 10.2 Å². The minimum atomic E-state index is -0.518. The summed E-state index contributed by atoms with van der Waals surface area (Å²) >= 11 is 3.28. The molecule has 6 rings (SSSR count). The molecule has 1 fully saturated rings. The van der Waals surface area contributed by atoms with Crippen molar-refractivity contribution in [2.24, 2.45) is 7.05 Å². The smallest absolute Gasteiger partial charge is 0.410 e. The number of fused-ring (bicyclic) bond motifs is 1. The van der Waals surface area contributed by atoms with Crippen molar-refractivity contribution in [1.29, 1.82) is 0 Å². The van der Waals surface area contributed by atoms with E-state index in [4.69, 9.17) is 24.5 Å². The van der Waals surface area contributed by atoms with Gasteiger partial charge in [-0.15, -0.1) is 11.3 Å². The Balaban J connectivity index is 1.22. The molecular formula is C31H34N8O3S2. The van der Waals surface area contributed by atoms with Crippen LogP contribution in [0.3, 0.4) is 0 Å². The number of hydrogen-bond donors (Lipinski definition) is 1. The van der Waals surface area contributed by atoms with Gasteiger partial charge in [-0.1, -0.05) is 11.8 Å². The van der Waals surface area contributed by atoms with Crippen molar-refractivity contribution in [3.63, 3.8) is 0 Å². The number of nitrogens with zero attached hydrogens (tertiary/aromatic N) is 7. The zero-order valence-electron chi connectivity index (χ0n) is 25.3. The first kappa shape index (κ1) is 29.8. The fourth-order valence-corrected chi connectivity index (χ4v) is 6.72. The molecule has 228 valence electrons. The van der Waals surface area contributed by atoms with Gasteiger partial charge < -0.3 is 19.7 Å². The normalized spacial score (nSPS) is 14.2. The molecular weight excluding hydrogens is 597 g/mol. The molecule has 1 N–H and O–H groups in total. The first-order valence-corrected chi connectivity index (χ1v) is 16.1.